The van der Waals surface area contributed by atoms with Crippen LogP contribution in [-0.2, 0) is 19.1 Å². The van der Waals surface area contributed by atoms with E-state index >= 15 is 0 Å². The number of carbonyl (C=O) groups excluding carboxylic acids is 2. The highest BCUT2D eigenvalue weighted by Gasteiger charge is 2.47. The molecule has 0 radical (unpaired) electrons. The lowest BCUT2D eigenvalue weighted by atomic mass is 9.64. The monoisotopic (exact) mass is 426 g/mol. The van der Waals surface area contributed by atoms with E-state index in [9.17, 15) is 35.1 Å². The maximum Gasteiger partial charge on any atom is 0.333 e. The van der Waals surface area contributed by atoms with Gasteiger partial charge in [0, 0.05) is 17.9 Å². The summed E-state index contributed by atoms with van der Waals surface area (Å²) in [6.07, 6.45) is -1.95. The number of carbonyl (C=O) groups is 2. The molecule has 0 saturated carbocycles. The number of aliphatic hydroxyl groups excluding tert-OH is 4. The molecule has 1 heterocycles. The first kappa shape index (κ1) is 24.4. The van der Waals surface area contributed by atoms with Crippen LogP contribution in [0, 0.1) is 5.41 Å². The van der Waals surface area contributed by atoms with Crippen LogP contribution < -0.4 is 0 Å². The van der Waals surface area contributed by atoms with Crippen molar-refractivity contribution >= 4 is 11.8 Å². The smallest absolute Gasteiger partial charge is 0.333 e. The molecule has 0 aromatic heterocycles. The van der Waals surface area contributed by atoms with Crippen molar-refractivity contribution in [2.75, 3.05) is 6.61 Å². The maximum absolute atomic E-state index is 12.2. The quantitative estimate of drug-likeness (QED) is 0.222. The van der Waals surface area contributed by atoms with Crippen molar-refractivity contribution in [3.63, 3.8) is 0 Å². The second-order valence-corrected chi connectivity index (χ2v) is 8.48. The van der Waals surface area contributed by atoms with Gasteiger partial charge in [0.15, 0.2) is 5.78 Å². The summed E-state index contributed by atoms with van der Waals surface area (Å²) < 4.78 is 10.1. The summed E-state index contributed by atoms with van der Waals surface area (Å²) in [7, 11) is 0. The second-order valence-electron chi connectivity index (χ2n) is 8.48. The Hall–Kier alpha value is -1.88. The van der Waals surface area contributed by atoms with Crippen LogP contribution in [0.2, 0.25) is 0 Å². The molecular formula is C21H30O9. The summed E-state index contributed by atoms with van der Waals surface area (Å²) in [5.41, 5.74) is -1.21. The van der Waals surface area contributed by atoms with Gasteiger partial charge in [-0.3, -0.25) is 4.79 Å². The fourth-order valence-electron chi connectivity index (χ4n) is 3.66. The predicted molar refractivity (Wildman–Crippen MR) is 105 cm³/mol. The van der Waals surface area contributed by atoms with Crippen molar-refractivity contribution in [3.05, 3.63) is 35.5 Å². The van der Waals surface area contributed by atoms with Crippen molar-refractivity contribution in [1.82, 2.24) is 0 Å². The van der Waals surface area contributed by atoms with E-state index < -0.39 is 54.3 Å². The first-order valence-corrected chi connectivity index (χ1v) is 9.65. The number of hydrogen-bond donors (Lipinski definition) is 5. The summed E-state index contributed by atoms with van der Waals surface area (Å²) in [5.74, 6) is -0.954. The van der Waals surface area contributed by atoms with Gasteiger partial charge < -0.3 is 35.0 Å². The lowest BCUT2D eigenvalue weighted by Crippen LogP contribution is -2.59. The van der Waals surface area contributed by atoms with E-state index in [4.69, 9.17) is 9.47 Å². The zero-order valence-electron chi connectivity index (χ0n) is 17.5. The Morgan fingerprint density at radius 3 is 2.47 bits per heavy atom. The SMILES string of the molecule is CC(C=C[C@@]1(O)C(C)=CC(=O)CC1(C)C)=CC(=O)O[C@@H]1OC(CO)[C@@H](O)C(O)C1O. The molecule has 0 spiro atoms. The van der Waals surface area contributed by atoms with E-state index in [-0.39, 0.29) is 12.2 Å². The van der Waals surface area contributed by atoms with Crippen LogP contribution >= 0.6 is 0 Å². The molecule has 0 aromatic carbocycles. The van der Waals surface area contributed by atoms with E-state index in [0.717, 1.165) is 6.08 Å². The van der Waals surface area contributed by atoms with Gasteiger partial charge in [-0.15, -0.1) is 0 Å². The molecule has 1 aliphatic heterocycles. The van der Waals surface area contributed by atoms with Crippen molar-refractivity contribution in [2.24, 2.45) is 5.41 Å². The lowest BCUT2D eigenvalue weighted by molar-refractivity contribution is -0.291. The van der Waals surface area contributed by atoms with Crippen LogP contribution in [-0.4, -0.2) is 80.2 Å². The molecule has 3 unspecified atom stereocenters. The van der Waals surface area contributed by atoms with Gasteiger partial charge in [-0.05, 0) is 37.1 Å². The molecule has 0 bridgehead atoms. The molecule has 30 heavy (non-hydrogen) atoms. The van der Waals surface area contributed by atoms with Gasteiger partial charge in [-0.1, -0.05) is 19.9 Å². The fourth-order valence-corrected chi connectivity index (χ4v) is 3.66. The molecule has 2 rings (SSSR count). The van der Waals surface area contributed by atoms with Gasteiger partial charge in [0.1, 0.15) is 30.0 Å². The van der Waals surface area contributed by atoms with Crippen LogP contribution in [0.1, 0.15) is 34.1 Å². The van der Waals surface area contributed by atoms with Gasteiger partial charge in [-0.25, -0.2) is 4.79 Å². The zero-order chi connectivity index (χ0) is 22.9. The minimum atomic E-state index is -1.69. The van der Waals surface area contributed by atoms with Crippen molar-refractivity contribution in [2.45, 2.75) is 70.4 Å². The molecule has 6 atom stereocenters. The minimum absolute atomic E-state index is 0.0639. The van der Waals surface area contributed by atoms with E-state index in [0.29, 0.717) is 11.1 Å². The number of rotatable bonds is 5. The van der Waals surface area contributed by atoms with E-state index in [1.165, 1.54) is 18.2 Å². The van der Waals surface area contributed by atoms with E-state index in [2.05, 4.69) is 0 Å². The predicted octanol–water partition coefficient (Wildman–Crippen LogP) is -0.492. The highest BCUT2D eigenvalue weighted by molar-refractivity contribution is 5.92. The van der Waals surface area contributed by atoms with Crippen molar-refractivity contribution in [3.8, 4) is 0 Å². The maximum atomic E-state index is 12.2. The summed E-state index contributed by atoms with van der Waals surface area (Å²) in [5, 5.41) is 49.7. The number of aliphatic hydroxyl groups is 5. The molecule has 1 saturated heterocycles. The molecule has 9 heteroatoms. The van der Waals surface area contributed by atoms with E-state index in [1.54, 1.807) is 27.7 Å². The number of ketones is 1. The Labute approximate surface area is 174 Å². The Bertz CT molecular complexity index is 764. The van der Waals surface area contributed by atoms with E-state index in [1.807, 2.05) is 0 Å². The molecule has 1 fully saturated rings. The number of allylic oxidation sites excluding steroid dienone is 3. The molecular weight excluding hydrogens is 396 g/mol. The van der Waals surface area contributed by atoms with Gasteiger partial charge in [0.2, 0.25) is 6.29 Å². The Morgan fingerprint density at radius 2 is 1.90 bits per heavy atom. The van der Waals surface area contributed by atoms with Crippen molar-refractivity contribution < 1.29 is 44.6 Å². The standard InChI is InChI=1S/C21H30O9/c1-11(5-6-21(28)12(2)8-13(23)9-20(21,3)4)7-15(24)30-19-18(27)17(26)16(25)14(10-22)29-19/h5-8,14,16-19,22,25-28H,9-10H2,1-4H3/t14?,16-,17?,18?,19+,21-/m1/s1. The number of ether oxygens (including phenoxy) is 2. The van der Waals surface area contributed by atoms with Gasteiger partial charge >= 0.3 is 5.97 Å². The molecule has 5 N–H and O–H groups in total. The summed E-state index contributed by atoms with van der Waals surface area (Å²) in [6.45, 7) is 6.17. The molecule has 2 aliphatic rings. The van der Waals surface area contributed by atoms with Crippen LogP contribution in [0.15, 0.2) is 35.5 Å². The average Bonchev–Trinajstić information content (AvgIpc) is 2.64. The molecule has 1 aliphatic carbocycles. The highest BCUT2D eigenvalue weighted by atomic mass is 16.7. The molecule has 9 nitrogen and oxygen atoms in total. The van der Waals surface area contributed by atoms with Crippen LogP contribution in [0.25, 0.3) is 0 Å². The third kappa shape index (κ3) is 4.88. The minimum Gasteiger partial charge on any atom is -0.430 e. The average molecular weight is 426 g/mol. The van der Waals surface area contributed by atoms with Crippen molar-refractivity contribution in [1.29, 1.82) is 0 Å². The molecule has 168 valence electrons. The third-order valence-electron chi connectivity index (χ3n) is 5.64. The Balaban J connectivity index is 2.11. The Kier molecular flexibility index (Phi) is 7.39. The first-order chi connectivity index (χ1) is 13.8. The van der Waals surface area contributed by atoms with Crippen LogP contribution in [0.5, 0.6) is 0 Å². The largest absolute Gasteiger partial charge is 0.430 e. The topological polar surface area (TPSA) is 154 Å². The van der Waals surface area contributed by atoms with Crippen LogP contribution in [0.3, 0.4) is 0 Å². The van der Waals surface area contributed by atoms with Gasteiger partial charge in [0.25, 0.3) is 0 Å². The third-order valence-corrected chi connectivity index (χ3v) is 5.64. The highest BCUT2D eigenvalue weighted by Crippen LogP contribution is 2.44. The fraction of sp³-hybridized carbons (Fsp3) is 0.619. The first-order valence-electron chi connectivity index (χ1n) is 9.65. The molecule has 0 amide bonds. The van der Waals surface area contributed by atoms with Crippen LogP contribution in [0.4, 0.5) is 0 Å². The van der Waals surface area contributed by atoms with Gasteiger partial charge in [0.05, 0.1) is 6.61 Å². The lowest BCUT2D eigenvalue weighted by Gasteiger charge is -2.44. The number of esters is 1. The summed E-state index contributed by atoms with van der Waals surface area (Å²) in [4.78, 5) is 24.0. The van der Waals surface area contributed by atoms with Gasteiger partial charge in [-0.2, -0.15) is 0 Å². The normalized spacial score (nSPS) is 37.2. The molecule has 0 aromatic rings. The Morgan fingerprint density at radius 1 is 1.27 bits per heavy atom. The second kappa shape index (κ2) is 9.09. The zero-order valence-corrected chi connectivity index (χ0v) is 17.5. The number of hydrogen-bond acceptors (Lipinski definition) is 9. The summed E-state index contributed by atoms with van der Waals surface area (Å²) in [6, 6.07) is 0. The summed E-state index contributed by atoms with van der Waals surface area (Å²) >= 11 is 0.